The Labute approximate surface area is 151 Å². The number of hydrogen-bond donors (Lipinski definition) is 0. The van der Waals surface area contributed by atoms with Crippen LogP contribution >= 0.6 is 0 Å². The lowest BCUT2D eigenvalue weighted by Gasteiger charge is -2.25. The maximum atomic E-state index is 13.0. The lowest BCUT2D eigenvalue weighted by atomic mass is 10.0. The van der Waals surface area contributed by atoms with Gasteiger partial charge in [-0.1, -0.05) is 0 Å². The van der Waals surface area contributed by atoms with E-state index in [-0.39, 0.29) is 11.9 Å². The number of aromatic nitrogens is 2. The molecule has 1 aliphatic rings. The van der Waals surface area contributed by atoms with Crippen LogP contribution < -0.4 is 5.76 Å². The van der Waals surface area contributed by atoms with Crippen LogP contribution in [0.15, 0.2) is 51.9 Å². The van der Waals surface area contributed by atoms with Crippen molar-refractivity contribution < 1.29 is 9.21 Å². The van der Waals surface area contributed by atoms with Crippen molar-refractivity contribution in [3.8, 4) is 0 Å². The Balaban J connectivity index is 1.53. The Bertz CT molecular complexity index is 990. The average Bonchev–Trinajstić information content (AvgIpc) is 3.25. The summed E-state index contributed by atoms with van der Waals surface area (Å²) >= 11 is 0. The Morgan fingerprint density at radius 1 is 1.27 bits per heavy atom. The molecule has 0 radical (unpaired) electrons. The van der Waals surface area contributed by atoms with E-state index in [2.05, 4.69) is 4.98 Å². The van der Waals surface area contributed by atoms with Crippen LogP contribution in [0.5, 0.6) is 0 Å². The molecule has 1 unspecified atom stereocenters. The standard InChI is InChI=1S/C20H21N3O3/c1-22-17-13-15(5-7-18(17)26-20(22)25)19(24)23-12-2-3-16(23)6-4-14-8-10-21-11-9-14/h5,7-11,13,16H,2-4,6,12H2,1H3. The number of fused-ring (bicyclic) bond motifs is 1. The molecule has 2 aromatic heterocycles. The highest BCUT2D eigenvalue weighted by atomic mass is 16.4. The molecule has 0 bridgehead atoms. The number of oxazole rings is 1. The van der Waals surface area contributed by atoms with Gasteiger partial charge in [-0.05, 0) is 61.6 Å². The number of rotatable bonds is 4. The molecule has 1 amide bonds. The van der Waals surface area contributed by atoms with Crippen LogP contribution in [0.1, 0.15) is 35.2 Å². The summed E-state index contributed by atoms with van der Waals surface area (Å²) in [6.07, 6.45) is 7.55. The predicted molar refractivity (Wildman–Crippen MR) is 98.1 cm³/mol. The van der Waals surface area contributed by atoms with E-state index in [4.69, 9.17) is 4.42 Å². The molecular formula is C20H21N3O3. The van der Waals surface area contributed by atoms with Crippen LogP contribution in [0.2, 0.25) is 0 Å². The molecule has 3 heterocycles. The monoisotopic (exact) mass is 351 g/mol. The van der Waals surface area contributed by atoms with Gasteiger partial charge in [-0.2, -0.15) is 0 Å². The zero-order chi connectivity index (χ0) is 18.1. The highest BCUT2D eigenvalue weighted by molar-refractivity contribution is 5.97. The molecule has 1 atom stereocenters. The van der Waals surface area contributed by atoms with Crippen LogP contribution in [0.3, 0.4) is 0 Å². The minimum Gasteiger partial charge on any atom is -0.408 e. The van der Waals surface area contributed by atoms with Gasteiger partial charge in [-0.3, -0.25) is 14.3 Å². The fourth-order valence-electron chi connectivity index (χ4n) is 3.71. The van der Waals surface area contributed by atoms with Crippen molar-refractivity contribution in [3.63, 3.8) is 0 Å². The van der Waals surface area contributed by atoms with Crippen LogP contribution in [0.4, 0.5) is 0 Å². The van der Waals surface area contributed by atoms with Gasteiger partial charge in [-0.15, -0.1) is 0 Å². The molecule has 134 valence electrons. The molecule has 0 spiro atoms. The first-order valence-electron chi connectivity index (χ1n) is 8.93. The molecule has 4 rings (SSSR count). The summed E-state index contributed by atoms with van der Waals surface area (Å²) in [5, 5.41) is 0. The van der Waals surface area contributed by atoms with Gasteiger partial charge in [0.1, 0.15) is 0 Å². The third-order valence-electron chi connectivity index (χ3n) is 5.19. The van der Waals surface area contributed by atoms with Crippen molar-refractivity contribution in [2.24, 2.45) is 7.05 Å². The second-order valence-electron chi connectivity index (χ2n) is 6.80. The molecule has 6 nitrogen and oxygen atoms in total. The summed E-state index contributed by atoms with van der Waals surface area (Å²) < 4.78 is 6.57. The van der Waals surface area contributed by atoms with Gasteiger partial charge in [0.2, 0.25) is 0 Å². The fourth-order valence-corrected chi connectivity index (χ4v) is 3.71. The highest BCUT2D eigenvalue weighted by Crippen LogP contribution is 2.25. The minimum absolute atomic E-state index is 0.0257. The van der Waals surface area contributed by atoms with Gasteiger partial charge in [0.25, 0.3) is 5.91 Å². The SMILES string of the molecule is Cn1c(=O)oc2ccc(C(=O)N3CCCC3CCc3ccncc3)cc21. The summed E-state index contributed by atoms with van der Waals surface area (Å²) in [5.74, 6) is -0.390. The van der Waals surface area contributed by atoms with Gasteiger partial charge >= 0.3 is 5.76 Å². The largest absolute Gasteiger partial charge is 0.419 e. The molecule has 0 saturated carbocycles. The molecule has 26 heavy (non-hydrogen) atoms. The van der Waals surface area contributed by atoms with E-state index in [0.29, 0.717) is 16.7 Å². The molecule has 1 fully saturated rings. The molecule has 1 aromatic carbocycles. The number of likely N-dealkylation sites (tertiary alicyclic amines) is 1. The zero-order valence-electron chi connectivity index (χ0n) is 14.7. The Kier molecular flexibility index (Phi) is 4.32. The van der Waals surface area contributed by atoms with Crippen LogP contribution in [0.25, 0.3) is 11.1 Å². The summed E-state index contributed by atoms with van der Waals surface area (Å²) in [6.45, 7) is 0.780. The van der Waals surface area contributed by atoms with E-state index >= 15 is 0 Å². The number of aryl methyl sites for hydroxylation is 2. The van der Waals surface area contributed by atoms with E-state index in [0.717, 1.165) is 32.2 Å². The molecule has 6 heteroatoms. The smallest absolute Gasteiger partial charge is 0.408 e. The van der Waals surface area contributed by atoms with Crippen molar-refractivity contribution in [3.05, 3.63) is 64.4 Å². The molecule has 0 aliphatic carbocycles. The second-order valence-corrected chi connectivity index (χ2v) is 6.80. The number of pyridine rings is 1. The maximum Gasteiger partial charge on any atom is 0.419 e. The molecule has 0 N–H and O–H groups in total. The topological polar surface area (TPSA) is 68.3 Å². The predicted octanol–water partition coefficient (Wildman–Crippen LogP) is 2.76. The lowest BCUT2D eigenvalue weighted by Crippen LogP contribution is -2.35. The van der Waals surface area contributed by atoms with Crippen LogP contribution in [-0.2, 0) is 13.5 Å². The number of carbonyl (C=O) groups is 1. The lowest BCUT2D eigenvalue weighted by molar-refractivity contribution is 0.0731. The number of nitrogens with zero attached hydrogens (tertiary/aromatic N) is 3. The van der Waals surface area contributed by atoms with E-state index in [1.54, 1.807) is 37.6 Å². The van der Waals surface area contributed by atoms with E-state index < -0.39 is 5.76 Å². The number of carbonyl (C=O) groups excluding carboxylic acids is 1. The Morgan fingerprint density at radius 2 is 2.08 bits per heavy atom. The number of amides is 1. The fraction of sp³-hybridized carbons (Fsp3) is 0.350. The van der Waals surface area contributed by atoms with Crippen molar-refractivity contribution in [1.82, 2.24) is 14.5 Å². The summed E-state index contributed by atoms with van der Waals surface area (Å²) in [7, 11) is 1.65. The summed E-state index contributed by atoms with van der Waals surface area (Å²) in [5.41, 5.74) is 3.00. The maximum absolute atomic E-state index is 13.0. The van der Waals surface area contributed by atoms with Crippen LogP contribution in [-0.4, -0.2) is 32.9 Å². The third-order valence-corrected chi connectivity index (χ3v) is 5.19. The molecular weight excluding hydrogens is 330 g/mol. The second kappa shape index (κ2) is 6.78. The van der Waals surface area contributed by atoms with Gasteiger partial charge in [0.15, 0.2) is 5.58 Å². The van der Waals surface area contributed by atoms with Crippen molar-refractivity contribution in [1.29, 1.82) is 0 Å². The third kappa shape index (κ3) is 3.03. The van der Waals surface area contributed by atoms with Crippen molar-refractivity contribution >= 4 is 17.0 Å². The van der Waals surface area contributed by atoms with Gasteiger partial charge in [0, 0.05) is 37.6 Å². The first-order chi connectivity index (χ1) is 12.6. The van der Waals surface area contributed by atoms with Crippen LogP contribution in [0, 0.1) is 0 Å². The first kappa shape index (κ1) is 16.6. The van der Waals surface area contributed by atoms with Gasteiger partial charge in [-0.25, -0.2) is 4.79 Å². The molecule has 3 aromatic rings. The van der Waals surface area contributed by atoms with E-state index in [1.807, 2.05) is 17.0 Å². The van der Waals surface area contributed by atoms with Crippen molar-refractivity contribution in [2.45, 2.75) is 31.7 Å². The highest BCUT2D eigenvalue weighted by Gasteiger charge is 2.29. The first-order valence-corrected chi connectivity index (χ1v) is 8.93. The number of benzene rings is 1. The van der Waals surface area contributed by atoms with E-state index in [1.165, 1.54) is 10.1 Å². The van der Waals surface area contributed by atoms with Crippen molar-refractivity contribution in [2.75, 3.05) is 6.54 Å². The normalized spacial score (nSPS) is 17.1. The summed E-state index contributed by atoms with van der Waals surface area (Å²) in [6, 6.07) is 9.49. The Morgan fingerprint density at radius 3 is 2.88 bits per heavy atom. The molecule has 1 saturated heterocycles. The Hall–Kier alpha value is -2.89. The average molecular weight is 351 g/mol. The van der Waals surface area contributed by atoms with E-state index in [9.17, 15) is 9.59 Å². The van der Waals surface area contributed by atoms with Gasteiger partial charge in [0.05, 0.1) is 5.52 Å². The summed E-state index contributed by atoms with van der Waals surface area (Å²) in [4.78, 5) is 30.7. The van der Waals surface area contributed by atoms with Gasteiger partial charge < -0.3 is 9.32 Å². The molecule has 1 aliphatic heterocycles. The zero-order valence-corrected chi connectivity index (χ0v) is 14.7. The number of hydrogen-bond acceptors (Lipinski definition) is 4. The minimum atomic E-state index is -0.416. The quantitative estimate of drug-likeness (QED) is 0.725.